The lowest BCUT2D eigenvalue weighted by molar-refractivity contribution is 0.0950. The zero-order valence-electron chi connectivity index (χ0n) is 12.7. The van der Waals surface area contributed by atoms with Crippen LogP contribution in [-0.4, -0.2) is 20.9 Å². The zero-order valence-corrected chi connectivity index (χ0v) is 12.7. The summed E-state index contributed by atoms with van der Waals surface area (Å²) in [4.78, 5) is 24.4. The maximum atomic E-state index is 12.2. The molecule has 5 nitrogen and oxygen atoms in total. The molecule has 0 radical (unpaired) electrons. The monoisotopic (exact) mass is 304 g/mol. The minimum absolute atomic E-state index is 0.144. The first-order valence-electron chi connectivity index (χ1n) is 7.27. The number of benzene rings is 1. The van der Waals surface area contributed by atoms with Crippen LogP contribution < -0.4 is 5.32 Å². The summed E-state index contributed by atoms with van der Waals surface area (Å²) < 4.78 is 0. The van der Waals surface area contributed by atoms with Crippen LogP contribution >= 0.6 is 0 Å². The lowest BCUT2D eigenvalue weighted by Gasteiger charge is -2.06. The Balaban J connectivity index is 1.66. The Morgan fingerprint density at radius 2 is 1.91 bits per heavy atom. The molecule has 0 aliphatic carbocycles. The van der Waals surface area contributed by atoms with E-state index in [1.807, 2.05) is 25.1 Å². The second-order valence-corrected chi connectivity index (χ2v) is 5.23. The minimum Gasteiger partial charge on any atom is -0.348 e. The molecule has 0 saturated heterocycles. The van der Waals surface area contributed by atoms with Crippen molar-refractivity contribution in [3.05, 3.63) is 78.0 Å². The van der Waals surface area contributed by atoms with Gasteiger partial charge in [0.05, 0.1) is 11.3 Å². The highest BCUT2D eigenvalue weighted by atomic mass is 16.1. The zero-order chi connectivity index (χ0) is 16.1. The molecule has 3 rings (SSSR count). The molecule has 0 unspecified atom stereocenters. The number of amides is 1. The third-order valence-corrected chi connectivity index (χ3v) is 3.42. The molecule has 0 fully saturated rings. The van der Waals surface area contributed by atoms with Gasteiger partial charge in [0.15, 0.2) is 0 Å². The average Bonchev–Trinajstić information content (AvgIpc) is 2.61. The molecule has 0 atom stereocenters. The first kappa shape index (κ1) is 14.8. The van der Waals surface area contributed by atoms with Crippen molar-refractivity contribution in [2.24, 2.45) is 0 Å². The molecular weight excluding hydrogens is 288 g/mol. The Morgan fingerprint density at radius 1 is 1.09 bits per heavy atom. The third-order valence-electron chi connectivity index (χ3n) is 3.42. The van der Waals surface area contributed by atoms with Crippen LogP contribution in [0.15, 0.2) is 61.3 Å². The highest BCUT2D eigenvalue weighted by Crippen LogP contribution is 2.14. The highest BCUT2D eigenvalue weighted by Gasteiger charge is 2.07. The van der Waals surface area contributed by atoms with E-state index in [0.717, 1.165) is 16.8 Å². The number of nitrogens with zero attached hydrogens (tertiary/aromatic N) is 3. The van der Waals surface area contributed by atoms with Gasteiger partial charge in [0.1, 0.15) is 6.33 Å². The largest absolute Gasteiger partial charge is 0.348 e. The Labute approximate surface area is 134 Å². The fraction of sp³-hybridized carbons (Fsp3) is 0.111. The van der Waals surface area contributed by atoms with Gasteiger partial charge >= 0.3 is 0 Å². The molecule has 0 spiro atoms. The van der Waals surface area contributed by atoms with Crippen LogP contribution in [0.3, 0.4) is 0 Å². The van der Waals surface area contributed by atoms with Gasteiger partial charge in [-0.1, -0.05) is 29.8 Å². The van der Waals surface area contributed by atoms with E-state index in [-0.39, 0.29) is 5.91 Å². The maximum Gasteiger partial charge on any atom is 0.253 e. The molecule has 114 valence electrons. The lowest BCUT2D eigenvalue weighted by Crippen LogP contribution is -2.22. The van der Waals surface area contributed by atoms with Crippen LogP contribution in [0.4, 0.5) is 0 Å². The van der Waals surface area contributed by atoms with Gasteiger partial charge in [-0.2, -0.15) is 0 Å². The smallest absolute Gasteiger partial charge is 0.253 e. The van der Waals surface area contributed by atoms with Crippen LogP contribution in [0, 0.1) is 6.92 Å². The van der Waals surface area contributed by atoms with Crippen molar-refractivity contribution in [3.63, 3.8) is 0 Å². The van der Waals surface area contributed by atoms with Crippen molar-refractivity contribution < 1.29 is 4.79 Å². The number of carbonyl (C=O) groups excluding carboxylic acids is 1. The van der Waals surface area contributed by atoms with E-state index in [4.69, 9.17) is 0 Å². The van der Waals surface area contributed by atoms with Crippen LogP contribution in [0.5, 0.6) is 0 Å². The Bertz CT molecular complexity index is 801. The van der Waals surface area contributed by atoms with Crippen molar-refractivity contribution in [1.29, 1.82) is 0 Å². The normalized spacial score (nSPS) is 10.3. The molecule has 0 bridgehead atoms. The van der Waals surface area contributed by atoms with Crippen LogP contribution in [0.25, 0.3) is 11.3 Å². The number of hydrogen-bond acceptors (Lipinski definition) is 4. The standard InChI is InChI=1S/C18H16N4O/c1-13-3-2-4-14(7-13)8-22-18(23)15-5-6-17(21-11-15)16-9-19-12-20-10-16/h2-7,9-12H,8H2,1H3,(H,22,23). The summed E-state index contributed by atoms with van der Waals surface area (Å²) in [6, 6.07) is 11.6. The predicted molar refractivity (Wildman–Crippen MR) is 87.6 cm³/mol. The Kier molecular flexibility index (Phi) is 4.38. The van der Waals surface area contributed by atoms with E-state index in [2.05, 4.69) is 26.3 Å². The number of aromatic nitrogens is 3. The molecule has 2 aromatic heterocycles. The molecule has 1 amide bonds. The van der Waals surface area contributed by atoms with Gasteiger partial charge in [0.25, 0.3) is 5.91 Å². The SMILES string of the molecule is Cc1cccc(CNC(=O)c2ccc(-c3cncnc3)nc2)c1. The van der Waals surface area contributed by atoms with Gasteiger partial charge in [-0.3, -0.25) is 9.78 Å². The van der Waals surface area contributed by atoms with Gasteiger partial charge in [-0.25, -0.2) is 9.97 Å². The summed E-state index contributed by atoms with van der Waals surface area (Å²) >= 11 is 0. The maximum absolute atomic E-state index is 12.2. The number of hydrogen-bond donors (Lipinski definition) is 1. The number of aryl methyl sites for hydroxylation is 1. The van der Waals surface area contributed by atoms with Crippen LogP contribution in [0.1, 0.15) is 21.5 Å². The molecule has 1 N–H and O–H groups in total. The van der Waals surface area contributed by atoms with Gasteiger partial charge in [-0.15, -0.1) is 0 Å². The summed E-state index contributed by atoms with van der Waals surface area (Å²) in [5.74, 6) is -0.144. The molecule has 23 heavy (non-hydrogen) atoms. The quantitative estimate of drug-likeness (QED) is 0.805. The topological polar surface area (TPSA) is 67.8 Å². The summed E-state index contributed by atoms with van der Waals surface area (Å²) in [6.07, 6.45) is 6.41. The molecule has 1 aromatic carbocycles. The van der Waals surface area contributed by atoms with E-state index in [1.54, 1.807) is 30.7 Å². The lowest BCUT2D eigenvalue weighted by atomic mass is 10.1. The number of carbonyl (C=O) groups is 1. The van der Waals surface area contributed by atoms with E-state index < -0.39 is 0 Å². The Morgan fingerprint density at radius 3 is 2.61 bits per heavy atom. The van der Waals surface area contributed by atoms with Crippen LogP contribution in [-0.2, 0) is 6.54 Å². The van der Waals surface area contributed by atoms with E-state index in [9.17, 15) is 4.79 Å². The minimum atomic E-state index is -0.144. The highest BCUT2D eigenvalue weighted by molar-refractivity contribution is 5.94. The average molecular weight is 304 g/mol. The number of rotatable bonds is 4. The number of pyridine rings is 1. The predicted octanol–water partition coefficient (Wildman–Crippen LogP) is 2.78. The fourth-order valence-electron chi connectivity index (χ4n) is 2.24. The second kappa shape index (κ2) is 6.79. The summed E-state index contributed by atoms with van der Waals surface area (Å²) in [5, 5.41) is 2.90. The first-order chi connectivity index (χ1) is 11.2. The van der Waals surface area contributed by atoms with Gasteiger partial charge < -0.3 is 5.32 Å². The van der Waals surface area contributed by atoms with Gasteiger partial charge in [-0.05, 0) is 24.6 Å². The van der Waals surface area contributed by atoms with E-state index >= 15 is 0 Å². The molecule has 2 heterocycles. The van der Waals surface area contributed by atoms with E-state index in [1.165, 1.54) is 11.9 Å². The van der Waals surface area contributed by atoms with Crippen molar-refractivity contribution in [2.45, 2.75) is 13.5 Å². The molecule has 0 aliphatic heterocycles. The fourth-order valence-corrected chi connectivity index (χ4v) is 2.24. The Hall–Kier alpha value is -3.08. The summed E-state index contributed by atoms with van der Waals surface area (Å²) in [5.41, 5.74) is 4.33. The molecule has 0 saturated carbocycles. The van der Waals surface area contributed by atoms with Crippen molar-refractivity contribution >= 4 is 5.91 Å². The van der Waals surface area contributed by atoms with E-state index in [0.29, 0.717) is 12.1 Å². The van der Waals surface area contributed by atoms with Gasteiger partial charge in [0, 0.05) is 30.7 Å². The summed E-state index contributed by atoms with van der Waals surface area (Å²) in [7, 11) is 0. The molecule has 3 aromatic rings. The first-order valence-corrected chi connectivity index (χ1v) is 7.27. The second-order valence-electron chi connectivity index (χ2n) is 5.23. The van der Waals surface area contributed by atoms with Gasteiger partial charge in [0.2, 0.25) is 0 Å². The van der Waals surface area contributed by atoms with Crippen molar-refractivity contribution in [1.82, 2.24) is 20.3 Å². The molecule has 0 aliphatic rings. The summed E-state index contributed by atoms with van der Waals surface area (Å²) in [6.45, 7) is 2.52. The van der Waals surface area contributed by atoms with Crippen molar-refractivity contribution in [3.8, 4) is 11.3 Å². The van der Waals surface area contributed by atoms with Crippen LogP contribution in [0.2, 0.25) is 0 Å². The number of nitrogens with one attached hydrogen (secondary N) is 1. The third kappa shape index (κ3) is 3.77. The molecular formula is C18H16N4O. The van der Waals surface area contributed by atoms with Crippen molar-refractivity contribution in [2.75, 3.05) is 0 Å². The molecule has 5 heteroatoms.